The van der Waals surface area contributed by atoms with Crippen LogP contribution in [0.15, 0.2) is 91.0 Å². The van der Waals surface area contributed by atoms with E-state index in [1.807, 2.05) is 54.6 Å². The van der Waals surface area contributed by atoms with Crippen molar-refractivity contribution < 1.29 is 19.3 Å². The molecule has 5 nitrogen and oxygen atoms in total. The normalized spacial score (nSPS) is 27.2. The Labute approximate surface area is 219 Å². The number of benzene rings is 3. The van der Waals surface area contributed by atoms with Gasteiger partial charge in [-0.05, 0) is 42.4 Å². The molecule has 37 heavy (non-hydrogen) atoms. The molecule has 0 spiro atoms. The number of ether oxygens (including phenoxy) is 3. The third-order valence-electron chi connectivity index (χ3n) is 8.46. The van der Waals surface area contributed by atoms with Crippen molar-refractivity contribution in [3.8, 4) is 0 Å². The lowest BCUT2D eigenvalue weighted by Crippen LogP contribution is -2.49. The molecular formula is C32H37NO4. The van der Waals surface area contributed by atoms with Gasteiger partial charge in [0.2, 0.25) is 0 Å². The van der Waals surface area contributed by atoms with E-state index in [-0.39, 0.29) is 29.7 Å². The van der Waals surface area contributed by atoms with Gasteiger partial charge >= 0.3 is 0 Å². The number of aliphatic hydroxyl groups is 1. The van der Waals surface area contributed by atoms with Gasteiger partial charge in [-0.2, -0.15) is 0 Å². The van der Waals surface area contributed by atoms with Crippen molar-refractivity contribution in [3.63, 3.8) is 0 Å². The van der Waals surface area contributed by atoms with E-state index in [1.165, 1.54) is 0 Å². The summed E-state index contributed by atoms with van der Waals surface area (Å²) in [5, 5.41) is 15.2. The van der Waals surface area contributed by atoms with Crippen molar-refractivity contribution in [2.24, 2.45) is 5.41 Å². The van der Waals surface area contributed by atoms with Crippen LogP contribution in [0.2, 0.25) is 0 Å². The average Bonchev–Trinajstić information content (AvgIpc) is 3.87. The van der Waals surface area contributed by atoms with E-state index < -0.39 is 5.60 Å². The lowest BCUT2D eigenvalue weighted by Gasteiger charge is -2.34. The zero-order valence-corrected chi connectivity index (χ0v) is 21.3. The van der Waals surface area contributed by atoms with Gasteiger partial charge in [0, 0.05) is 11.5 Å². The van der Waals surface area contributed by atoms with E-state index in [1.54, 1.807) is 0 Å². The molecule has 6 rings (SSSR count). The highest BCUT2D eigenvalue weighted by atomic mass is 16.5. The Kier molecular flexibility index (Phi) is 7.15. The third kappa shape index (κ3) is 5.38. The standard InChI is InChI=1S/C32H37NO4/c34-32(18-19-32)31(16-17-31)30-29(37-22-26-14-8-3-9-15-26)28(36-21-25-12-6-2-7-13-25)27(33-30)23-35-20-24-10-4-1-5-11-24/h1-15,27-30,33-34H,16-23H2/t27-,28-,29+,30+/m1/s1. The Balaban J connectivity index is 1.23. The molecule has 3 fully saturated rings. The summed E-state index contributed by atoms with van der Waals surface area (Å²) in [7, 11) is 0. The Morgan fingerprint density at radius 1 is 0.649 bits per heavy atom. The molecule has 3 aromatic carbocycles. The van der Waals surface area contributed by atoms with Crippen molar-refractivity contribution in [3.05, 3.63) is 108 Å². The van der Waals surface area contributed by atoms with E-state index in [0.29, 0.717) is 26.4 Å². The highest BCUT2D eigenvalue weighted by Crippen LogP contribution is 2.67. The molecule has 2 N–H and O–H groups in total. The molecule has 2 aliphatic carbocycles. The van der Waals surface area contributed by atoms with Gasteiger partial charge in [-0.3, -0.25) is 0 Å². The Morgan fingerprint density at radius 2 is 1.14 bits per heavy atom. The lowest BCUT2D eigenvalue weighted by atomic mass is 9.84. The molecule has 194 valence electrons. The number of hydrogen-bond acceptors (Lipinski definition) is 5. The fraction of sp³-hybridized carbons (Fsp3) is 0.438. The van der Waals surface area contributed by atoms with Crippen LogP contribution in [0.5, 0.6) is 0 Å². The zero-order chi connectivity index (χ0) is 25.1. The van der Waals surface area contributed by atoms with Crippen molar-refractivity contribution >= 4 is 0 Å². The molecule has 0 bridgehead atoms. The van der Waals surface area contributed by atoms with Crippen LogP contribution in [-0.2, 0) is 34.0 Å². The summed E-state index contributed by atoms with van der Waals surface area (Å²) in [6.45, 7) is 2.10. The minimum Gasteiger partial charge on any atom is -0.389 e. The minimum atomic E-state index is -0.581. The van der Waals surface area contributed by atoms with Crippen LogP contribution in [0.1, 0.15) is 42.4 Å². The largest absolute Gasteiger partial charge is 0.389 e. The maximum Gasteiger partial charge on any atom is 0.103 e. The number of rotatable bonds is 12. The van der Waals surface area contributed by atoms with Crippen molar-refractivity contribution in [2.75, 3.05) is 6.61 Å². The molecule has 1 saturated heterocycles. The highest BCUT2D eigenvalue weighted by molar-refractivity contribution is 5.25. The van der Waals surface area contributed by atoms with Crippen molar-refractivity contribution in [2.45, 2.75) is 75.4 Å². The molecule has 0 unspecified atom stereocenters. The monoisotopic (exact) mass is 499 g/mol. The summed E-state index contributed by atoms with van der Waals surface area (Å²) >= 11 is 0. The molecule has 2 saturated carbocycles. The van der Waals surface area contributed by atoms with Crippen LogP contribution >= 0.6 is 0 Å². The minimum absolute atomic E-state index is 0.0230. The van der Waals surface area contributed by atoms with Crippen LogP contribution in [0.25, 0.3) is 0 Å². The van der Waals surface area contributed by atoms with E-state index in [4.69, 9.17) is 14.2 Å². The van der Waals surface area contributed by atoms with Gasteiger partial charge < -0.3 is 24.6 Å². The highest BCUT2D eigenvalue weighted by Gasteiger charge is 2.71. The first-order chi connectivity index (χ1) is 18.2. The second-order valence-corrected chi connectivity index (χ2v) is 11.0. The van der Waals surface area contributed by atoms with Crippen molar-refractivity contribution in [1.82, 2.24) is 5.32 Å². The summed E-state index contributed by atoms with van der Waals surface area (Å²) in [5.74, 6) is 0. The average molecular weight is 500 g/mol. The molecule has 1 aliphatic heterocycles. The van der Waals surface area contributed by atoms with Gasteiger partial charge in [0.1, 0.15) is 12.2 Å². The van der Waals surface area contributed by atoms with Gasteiger partial charge in [0.05, 0.1) is 38.1 Å². The summed E-state index contributed by atoms with van der Waals surface area (Å²) < 4.78 is 19.6. The summed E-state index contributed by atoms with van der Waals surface area (Å²) in [5.41, 5.74) is 2.71. The van der Waals surface area contributed by atoms with Crippen LogP contribution < -0.4 is 5.32 Å². The van der Waals surface area contributed by atoms with Gasteiger partial charge in [-0.15, -0.1) is 0 Å². The lowest BCUT2D eigenvalue weighted by molar-refractivity contribution is -0.0988. The number of hydrogen-bond donors (Lipinski definition) is 2. The summed E-state index contributed by atoms with van der Waals surface area (Å²) in [4.78, 5) is 0. The van der Waals surface area contributed by atoms with E-state index >= 15 is 0 Å². The van der Waals surface area contributed by atoms with Crippen LogP contribution in [0, 0.1) is 5.41 Å². The molecule has 1 heterocycles. The Bertz CT molecular complexity index is 1130. The van der Waals surface area contributed by atoms with Crippen molar-refractivity contribution in [1.29, 1.82) is 0 Å². The fourth-order valence-corrected chi connectivity index (χ4v) is 6.09. The maximum absolute atomic E-state index is 11.3. The first-order valence-corrected chi connectivity index (χ1v) is 13.6. The van der Waals surface area contributed by atoms with E-state index in [2.05, 4.69) is 41.7 Å². The third-order valence-corrected chi connectivity index (χ3v) is 8.46. The molecule has 0 amide bonds. The zero-order valence-electron chi connectivity index (χ0n) is 21.3. The number of nitrogens with one attached hydrogen (secondary N) is 1. The first-order valence-electron chi connectivity index (χ1n) is 13.6. The van der Waals surface area contributed by atoms with Gasteiger partial charge in [-0.25, -0.2) is 0 Å². The van der Waals surface area contributed by atoms with Crippen LogP contribution in [0.4, 0.5) is 0 Å². The topological polar surface area (TPSA) is 60.0 Å². The van der Waals surface area contributed by atoms with Crippen LogP contribution in [-0.4, -0.2) is 41.6 Å². The molecule has 0 radical (unpaired) electrons. The summed E-state index contributed by atoms with van der Waals surface area (Å²) in [6, 6.07) is 30.9. The van der Waals surface area contributed by atoms with E-state index in [9.17, 15) is 5.11 Å². The van der Waals surface area contributed by atoms with E-state index in [0.717, 1.165) is 42.4 Å². The second kappa shape index (κ2) is 10.7. The first kappa shape index (κ1) is 24.8. The quantitative estimate of drug-likeness (QED) is 0.367. The predicted octanol–water partition coefficient (Wildman–Crippen LogP) is 5.02. The molecule has 3 aromatic rings. The second-order valence-electron chi connectivity index (χ2n) is 11.0. The summed E-state index contributed by atoms with van der Waals surface area (Å²) in [6.07, 6.45) is 3.43. The molecule has 3 aliphatic rings. The molecule has 4 atom stereocenters. The molecule has 0 aromatic heterocycles. The Morgan fingerprint density at radius 3 is 1.62 bits per heavy atom. The van der Waals surface area contributed by atoms with Gasteiger partial charge in [0.25, 0.3) is 0 Å². The predicted molar refractivity (Wildman–Crippen MR) is 143 cm³/mol. The van der Waals surface area contributed by atoms with Crippen LogP contribution in [0.3, 0.4) is 0 Å². The molecule has 5 heteroatoms. The fourth-order valence-electron chi connectivity index (χ4n) is 6.09. The molecular weight excluding hydrogens is 462 g/mol. The van der Waals surface area contributed by atoms with Gasteiger partial charge in [0.15, 0.2) is 0 Å². The maximum atomic E-state index is 11.3. The Hall–Kier alpha value is -2.54. The smallest absolute Gasteiger partial charge is 0.103 e. The SMILES string of the molecule is OC1(C2([C@H]3N[C@H](COCc4ccccc4)[C@@H](OCc4ccccc4)[C@@H]3OCc3ccccc3)CC2)CC1. The van der Waals surface area contributed by atoms with Gasteiger partial charge in [-0.1, -0.05) is 91.0 Å².